The van der Waals surface area contributed by atoms with E-state index in [1.54, 1.807) is 4.90 Å². The molecule has 2 N–H and O–H groups in total. The summed E-state index contributed by atoms with van der Waals surface area (Å²) < 4.78 is 11.8. The van der Waals surface area contributed by atoms with Gasteiger partial charge in [-0.2, -0.15) is 0 Å². The molecule has 1 unspecified atom stereocenters. The number of carbonyl (C=O) groups is 3. The first-order valence-electron chi connectivity index (χ1n) is 14.9. The van der Waals surface area contributed by atoms with Crippen molar-refractivity contribution >= 4 is 31.8 Å². The highest BCUT2D eigenvalue weighted by Crippen LogP contribution is 2.46. The molecule has 0 aliphatic carbocycles. The maximum absolute atomic E-state index is 13.7. The molecule has 0 bridgehead atoms. The molecular weight excluding hydrogens is 552 g/mol. The number of aryl methyl sites for hydroxylation is 1. The first kappa shape index (κ1) is 30.4. The fourth-order valence-corrected chi connectivity index (χ4v) is 9.70. The van der Waals surface area contributed by atoms with Crippen molar-refractivity contribution in [2.45, 2.75) is 95.6 Å². The summed E-state index contributed by atoms with van der Waals surface area (Å²) in [6.07, 6.45) is 1.27. The Balaban J connectivity index is 1.26. The van der Waals surface area contributed by atoms with E-state index in [0.717, 1.165) is 16.7 Å². The van der Waals surface area contributed by atoms with Crippen LogP contribution in [0.1, 0.15) is 49.8 Å². The van der Waals surface area contributed by atoms with E-state index in [9.17, 15) is 24.3 Å². The van der Waals surface area contributed by atoms with Crippen LogP contribution < -0.4 is 4.90 Å². The molecule has 6 atom stereocenters. The number of aliphatic hydroxyl groups is 1. The van der Waals surface area contributed by atoms with Crippen LogP contribution in [0.2, 0.25) is 18.6 Å². The van der Waals surface area contributed by atoms with Gasteiger partial charge in [0.25, 0.3) is 0 Å². The first-order valence-corrected chi connectivity index (χ1v) is 17.9. The number of esters is 1. The normalized spacial score (nSPS) is 27.4. The Morgan fingerprint density at radius 2 is 1.81 bits per heavy atom. The number of anilines is 1. The third-order valence-electron chi connectivity index (χ3n) is 9.10. The Hall–Kier alpha value is -3.05. The van der Waals surface area contributed by atoms with Gasteiger partial charge in [0.05, 0.1) is 37.7 Å². The minimum atomic E-state index is -2.68. The van der Waals surface area contributed by atoms with Crippen molar-refractivity contribution in [3.05, 3.63) is 65.2 Å². The monoisotopic (exact) mass is 594 g/mol. The molecule has 226 valence electrons. The van der Waals surface area contributed by atoms with Gasteiger partial charge < -0.3 is 24.3 Å². The highest BCUT2D eigenvalue weighted by Gasteiger charge is 2.50. The summed E-state index contributed by atoms with van der Waals surface area (Å²) in [5.41, 5.74) is 3.88. The Labute approximate surface area is 248 Å². The number of nitrogens with zero attached hydrogens (tertiary/aromatic N) is 2. The lowest BCUT2D eigenvalue weighted by Crippen LogP contribution is -2.54. The summed E-state index contributed by atoms with van der Waals surface area (Å²) in [6.45, 7) is 7.64. The largest absolute Gasteiger partial charge is 0.441 e. The highest BCUT2D eigenvalue weighted by molar-refractivity contribution is 6.71. The zero-order chi connectivity index (χ0) is 30.2. The summed E-state index contributed by atoms with van der Waals surface area (Å²) in [5, 5.41) is 10.1. The molecule has 2 fully saturated rings. The molecule has 0 aromatic heterocycles. The number of hydrogen-bond donors (Lipinski definition) is 2. The second-order valence-corrected chi connectivity index (χ2v) is 16.5. The van der Waals surface area contributed by atoms with E-state index in [4.69, 9.17) is 9.47 Å². The number of β-lactam (4-membered cyclic amide) rings is 1. The third kappa shape index (κ3) is 6.32. The lowest BCUT2D eigenvalue weighted by atomic mass is 9.93. The number of amides is 2. The Morgan fingerprint density at radius 3 is 2.48 bits per heavy atom. The van der Waals surface area contributed by atoms with Crippen molar-refractivity contribution in [2.75, 3.05) is 11.5 Å². The van der Waals surface area contributed by atoms with Crippen LogP contribution in [0.4, 0.5) is 5.69 Å². The fraction of sp³-hybridized carbons (Fsp3) is 0.531. The molecular formula is C32H42N2O7Si. The van der Waals surface area contributed by atoms with Gasteiger partial charge >= 0.3 is 5.97 Å². The maximum atomic E-state index is 13.7. The molecule has 2 aromatic rings. The highest BCUT2D eigenvalue weighted by atomic mass is 28.4. The molecule has 3 aliphatic heterocycles. The van der Waals surface area contributed by atoms with E-state index in [0.29, 0.717) is 31.5 Å². The second-order valence-electron chi connectivity index (χ2n) is 12.5. The molecule has 3 aliphatic rings. The van der Waals surface area contributed by atoms with Crippen LogP contribution in [-0.4, -0.2) is 72.0 Å². The standard InChI is InChI=1S/C32H42N2O7Si/c1-20-27(13-12-22-8-7-11-25(14-22)34-30(38)17-31(34)40-21(2)36)41-28(32(20)42(3,4)39)16-29(37)33-18-24-10-6-5-9-23(24)15-26(33)19-35/h5-11,14,20,26-28,31-32,35,39H,12-13,15-19H2,1-4H3/t20-,26-,27+,28-,31?,32+/m0/s1. The van der Waals surface area contributed by atoms with E-state index < -0.39 is 26.6 Å². The van der Waals surface area contributed by atoms with Crippen LogP contribution >= 0.6 is 0 Å². The quantitative estimate of drug-likeness (QED) is 0.259. The van der Waals surface area contributed by atoms with E-state index in [1.165, 1.54) is 11.8 Å². The minimum Gasteiger partial charge on any atom is -0.441 e. The Kier molecular flexibility index (Phi) is 8.89. The fourth-order valence-electron chi connectivity index (χ4n) is 7.09. The average molecular weight is 595 g/mol. The zero-order valence-electron chi connectivity index (χ0n) is 24.9. The summed E-state index contributed by atoms with van der Waals surface area (Å²) >= 11 is 0. The molecule has 10 heteroatoms. The average Bonchev–Trinajstić information content (AvgIpc) is 3.25. The molecule has 2 aromatic carbocycles. The van der Waals surface area contributed by atoms with Crippen LogP contribution in [0.25, 0.3) is 0 Å². The van der Waals surface area contributed by atoms with Gasteiger partial charge in [-0.1, -0.05) is 43.3 Å². The molecule has 2 amide bonds. The summed E-state index contributed by atoms with van der Waals surface area (Å²) in [6, 6.07) is 15.4. The smallest absolute Gasteiger partial charge is 0.304 e. The van der Waals surface area contributed by atoms with Gasteiger partial charge in [-0.3, -0.25) is 19.3 Å². The van der Waals surface area contributed by atoms with Crippen molar-refractivity contribution in [3.63, 3.8) is 0 Å². The van der Waals surface area contributed by atoms with E-state index in [1.807, 2.05) is 55.6 Å². The maximum Gasteiger partial charge on any atom is 0.304 e. The van der Waals surface area contributed by atoms with Crippen LogP contribution in [0.5, 0.6) is 0 Å². The SMILES string of the molecule is CC(=O)OC1CC(=O)N1c1cccc(CC[C@H]2O[C@@H](CC(=O)N3Cc4ccccc4C[C@H]3CO)[C@H]([Si](C)(C)O)[C@H]2C)c1. The Morgan fingerprint density at radius 1 is 1.07 bits per heavy atom. The number of ether oxygens (including phenoxy) is 2. The van der Waals surface area contributed by atoms with Crippen molar-refractivity contribution in [1.29, 1.82) is 0 Å². The van der Waals surface area contributed by atoms with Crippen molar-refractivity contribution in [2.24, 2.45) is 5.92 Å². The van der Waals surface area contributed by atoms with Crippen molar-refractivity contribution in [3.8, 4) is 0 Å². The second kappa shape index (κ2) is 12.3. The first-order chi connectivity index (χ1) is 20.0. The molecule has 3 heterocycles. The topological polar surface area (TPSA) is 117 Å². The van der Waals surface area contributed by atoms with Gasteiger partial charge in [0.1, 0.15) is 0 Å². The number of aliphatic hydroxyl groups excluding tert-OH is 1. The molecule has 0 saturated carbocycles. The molecule has 9 nitrogen and oxygen atoms in total. The van der Waals surface area contributed by atoms with Crippen LogP contribution in [0, 0.1) is 5.92 Å². The molecule has 5 rings (SSSR count). The van der Waals surface area contributed by atoms with E-state index in [2.05, 4.69) is 13.0 Å². The predicted molar refractivity (Wildman–Crippen MR) is 160 cm³/mol. The summed E-state index contributed by atoms with van der Waals surface area (Å²) in [7, 11) is -2.68. The lowest BCUT2D eigenvalue weighted by Gasteiger charge is -2.39. The van der Waals surface area contributed by atoms with Gasteiger partial charge in [-0.25, -0.2) is 0 Å². The van der Waals surface area contributed by atoms with E-state index >= 15 is 0 Å². The zero-order valence-corrected chi connectivity index (χ0v) is 25.9. The van der Waals surface area contributed by atoms with Gasteiger partial charge in [0, 0.05) is 24.7 Å². The van der Waals surface area contributed by atoms with Gasteiger partial charge in [0.2, 0.25) is 11.8 Å². The van der Waals surface area contributed by atoms with Crippen LogP contribution in [0.3, 0.4) is 0 Å². The predicted octanol–water partition coefficient (Wildman–Crippen LogP) is 3.55. The number of benzene rings is 2. The number of rotatable bonds is 9. The van der Waals surface area contributed by atoms with Crippen molar-refractivity contribution < 1.29 is 33.8 Å². The van der Waals surface area contributed by atoms with Crippen molar-refractivity contribution in [1.82, 2.24) is 4.90 Å². The van der Waals surface area contributed by atoms with Crippen LogP contribution in [0.15, 0.2) is 48.5 Å². The lowest BCUT2D eigenvalue weighted by molar-refractivity contribution is -0.154. The van der Waals surface area contributed by atoms with Gasteiger partial charge in [-0.15, -0.1) is 0 Å². The van der Waals surface area contributed by atoms with Gasteiger partial charge in [0.15, 0.2) is 14.5 Å². The number of carbonyl (C=O) groups excluding carboxylic acids is 3. The summed E-state index contributed by atoms with van der Waals surface area (Å²) in [5.74, 6) is -0.495. The summed E-state index contributed by atoms with van der Waals surface area (Å²) in [4.78, 5) is 51.9. The molecule has 0 spiro atoms. The van der Waals surface area contributed by atoms with Gasteiger partial charge in [-0.05, 0) is 67.1 Å². The number of hydrogen-bond acceptors (Lipinski definition) is 7. The minimum absolute atomic E-state index is 0.0566. The molecule has 42 heavy (non-hydrogen) atoms. The van der Waals surface area contributed by atoms with E-state index in [-0.39, 0.29) is 54.9 Å². The molecule has 2 saturated heterocycles. The number of fused-ring (bicyclic) bond motifs is 1. The van der Waals surface area contributed by atoms with Crippen LogP contribution in [-0.2, 0) is 43.2 Å². The molecule has 0 radical (unpaired) electrons. The third-order valence-corrected chi connectivity index (χ3v) is 11.6. The Bertz CT molecular complexity index is 1330.